The minimum Gasteiger partial charge on any atom is -0.396 e. The maximum absolute atomic E-state index is 12.2. The van der Waals surface area contributed by atoms with E-state index in [1.54, 1.807) is 13.0 Å². The number of aromatic nitrogens is 1. The third-order valence-electron chi connectivity index (χ3n) is 3.14. The van der Waals surface area contributed by atoms with Gasteiger partial charge in [0.15, 0.2) is 0 Å². The number of aliphatic hydroxyl groups excluding tert-OH is 1. The highest BCUT2D eigenvalue weighted by molar-refractivity contribution is 7.88. The van der Waals surface area contributed by atoms with E-state index in [1.807, 2.05) is 0 Å². The van der Waals surface area contributed by atoms with E-state index >= 15 is 0 Å². The molecule has 6 nitrogen and oxygen atoms in total. The lowest BCUT2D eigenvalue weighted by atomic mass is 10.0. The number of aryl methyl sites for hydroxylation is 1. The monoisotopic (exact) mass is 274 g/mol. The summed E-state index contributed by atoms with van der Waals surface area (Å²) in [6.45, 7) is 2.69. The zero-order valence-corrected chi connectivity index (χ0v) is 11.2. The molecule has 1 atom stereocenters. The van der Waals surface area contributed by atoms with Crippen LogP contribution in [0.1, 0.15) is 24.3 Å². The van der Waals surface area contributed by atoms with Crippen LogP contribution in [0.15, 0.2) is 10.6 Å². The summed E-state index contributed by atoms with van der Waals surface area (Å²) >= 11 is 0. The summed E-state index contributed by atoms with van der Waals surface area (Å²) < 4.78 is 30.7. The Hall–Kier alpha value is -0.920. The molecule has 0 bridgehead atoms. The van der Waals surface area contributed by atoms with Crippen molar-refractivity contribution < 1.29 is 18.0 Å². The number of piperidine rings is 1. The molecule has 7 heteroatoms. The molecule has 0 saturated carbocycles. The Labute approximate surface area is 107 Å². The summed E-state index contributed by atoms with van der Waals surface area (Å²) in [6.07, 6.45) is 1.67. The molecule has 1 saturated heterocycles. The number of rotatable bonds is 4. The van der Waals surface area contributed by atoms with Crippen LogP contribution in [0.3, 0.4) is 0 Å². The van der Waals surface area contributed by atoms with E-state index in [-0.39, 0.29) is 18.3 Å². The average Bonchev–Trinajstić information content (AvgIpc) is 2.74. The van der Waals surface area contributed by atoms with Gasteiger partial charge in [-0.25, -0.2) is 12.7 Å². The highest BCUT2D eigenvalue weighted by atomic mass is 32.2. The van der Waals surface area contributed by atoms with Crippen LogP contribution in [0.5, 0.6) is 0 Å². The van der Waals surface area contributed by atoms with Crippen molar-refractivity contribution in [3.05, 3.63) is 17.5 Å². The number of nitrogens with zero attached hydrogens (tertiary/aromatic N) is 2. The van der Waals surface area contributed by atoms with Crippen molar-refractivity contribution in [3.8, 4) is 0 Å². The first-order chi connectivity index (χ1) is 8.51. The van der Waals surface area contributed by atoms with E-state index < -0.39 is 10.0 Å². The minimum absolute atomic E-state index is 0.0368. The fourth-order valence-electron chi connectivity index (χ4n) is 2.19. The summed E-state index contributed by atoms with van der Waals surface area (Å²) in [6, 6.07) is 1.63. The van der Waals surface area contributed by atoms with E-state index in [2.05, 4.69) is 5.16 Å². The second-order valence-corrected chi connectivity index (χ2v) is 6.70. The number of hydrogen-bond acceptors (Lipinski definition) is 5. The van der Waals surface area contributed by atoms with Crippen LogP contribution in [-0.4, -0.2) is 42.7 Å². The molecule has 102 valence electrons. The van der Waals surface area contributed by atoms with Crippen molar-refractivity contribution >= 4 is 10.0 Å². The third-order valence-corrected chi connectivity index (χ3v) is 4.92. The molecule has 1 aromatic heterocycles. The van der Waals surface area contributed by atoms with Gasteiger partial charge in [-0.2, -0.15) is 0 Å². The molecule has 2 heterocycles. The van der Waals surface area contributed by atoms with E-state index in [4.69, 9.17) is 9.63 Å². The van der Waals surface area contributed by atoms with Crippen LogP contribution in [0.2, 0.25) is 0 Å². The van der Waals surface area contributed by atoms with Gasteiger partial charge in [0, 0.05) is 25.8 Å². The molecule has 0 amide bonds. The third kappa shape index (κ3) is 3.09. The van der Waals surface area contributed by atoms with Gasteiger partial charge >= 0.3 is 0 Å². The Morgan fingerprint density at radius 3 is 3.00 bits per heavy atom. The van der Waals surface area contributed by atoms with E-state index in [1.165, 1.54) is 4.31 Å². The van der Waals surface area contributed by atoms with Gasteiger partial charge in [0.05, 0.1) is 0 Å². The van der Waals surface area contributed by atoms with Crippen molar-refractivity contribution in [1.82, 2.24) is 9.46 Å². The second-order valence-electron chi connectivity index (χ2n) is 4.73. The van der Waals surface area contributed by atoms with Crippen LogP contribution in [0, 0.1) is 12.8 Å². The molecule has 1 N–H and O–H groups in total. The van der Waals surface area contributed by atoms with Crippen LogP contribution in [0.4, 0.5) is 0 Å². The highest BCUT2D eigenvalue weighted by Gasteiger charge is 2.29. The minimum atomic E-state index is -3.37. The topological polar surface area (TPSA) is 83.6 Å². The van der Waals surface area contributed by atoms with E-state index in [0.29, 0.717) is 24.5 Å². The Kier molecular flexibility index (Phi) is 4.04. The molecule has 1 aromatic rings. The van der Waals surface area contributed by atoms with Crippen molar-refractivity contribution in [1.29, 1.82) is 0 Å². The molecular formula is C11H18N2O4S. The maximum Gasteiger partial charge on any atom is 0.219 e. The largest absolute Gasteiger partial charge is 0.396 e. The molecule has 0 aliphatic carbocycles. The summed E-state index contributed by atoms with van der Waals surface area (Å²) in [4.78, 5) is 0. The average molecular weight is 274 g/mol. The van der Waals surface area contributed by atoms with Gasteiger partial charge in [-0.3, -0.25) is 0 Å². The maximum atomic E-state index is 12.2. The van der Waals surface area contributed by atoms with Gasteiger partial charge in [0.1, 0.15) is 17.2 Å². The quantitative estimate of drug-likeness (QED) is 0.865. The van der Waals surface area contributed by atoms with Crippen molar-refractivity contribution in [2.45, 2.75) is 25.5 Å². The van der Waals surface area contributed by atoms with Crippen LogP contribution in [-0.2, 0) is 15.8 Å². The first-order valence-corrected chi connectivity index (χ1v) is 7.63. The number of hydrogen-bond donors (Lipinski definition) is 1. The van der Waals surface area contributed by atoms with Gasteiger partial charge in [0.25, 0.3) is 0 Å². The van der Waals surface area contributed by atoms with Gasteiger partial charge in [-0.05, 0) is 25.7 Å². The predicted octanol–water partition coefficient (Wildman–Crippen LogP) is 0.517. The van der Waals surface area contributed by atoms with Gasteiger partial charge < -0.3 is 9.63 Å². The molecule has 0 spiro atoms. The number of sulfonamides is 1. The predicted molar refractivity (Wildman–Crippen MR) is 65.2 cm³/mol. The van der Waals surface area contributed by atoms with E-state index in [9.17, 15) is 8.42 Å². The van der Waals surface area contributed by atoms with Gasteiger partial charge in [0.2, 0.25) is 10.0 Å². The lowest BCUT2D eigenvalue weighted by Gasteiger charge is -2.30. The van der Waals surface area contributed by atoms with Crippen molar-refractivity contribution in [3.63, 3.8) is 0 Å². The van der Waals surface area contributed by atoms with Gasteiger partial charge in [-0.1, -0.05) is 5.16 Å². The lowest BCUT2D eigenvalue weighted by Crippen LogP contribution is -2.41. The molecular weight excluding hydrogens is 256 g/mol. The molecule has 2 rings (SSSR count). The molecule has 18 heavy (non-hydrogen) atoms. The number of aliphatic hydroxyl groups is 1. The second kappa shape index (κ2) is 5.38. The Bertz CT molecular complexity index is 497. The van der Waals surface area contributed by atoms with Crippen LogP contribution in [0.25, 0.3) is 0 Å². The summed E-state index contributed by atoms with van der Waals surface area (Å²) in [5.41, 5.74) is 0.429. The van der Waals surface area contributed by atoms with Crippen molar-refractivity contribution in [2.24, 2.45) is 5.92 Å². The fraction of sp³-hybridized carbons (Fsp3) is 0.727. The first-order valence-electron chi connectivity index (χ1n) is 6.02. The van der Waals surface area contributed by atoms with Gasteiger partial charge in [-0.15, -0.1) is 0 Å². The Balaban J connectivity index is 2.06. The standard InChI is InChI=1S/C11H18N2O4S/c1-9-5-11(12-17-9)8-18(15,16)13-4-2-3-10(6-13)7-14/h5,10,14H,2-4,6-8H2,1H3. The van der Waals surface area contributed by atoms with Crippen LogP contribution < -0.4 is 0 Å². The van der Waals surface area contributed by atoms with E-state index in [0.717, 1.165) is 12.8 Å². The fourth-order valence-corrected chi connectivity index (χ4v) is 3.73. The normalized spacial score (nSPS) is 22.2. The highest BCUT2D eigenvalue weighted by Crippen LogP contribution is 2.20. The smallest absolute Gasteiger partial charge is 0.219 e. The Morgan fingerprint density at radius 2 is 2.39 bits per heavy atom. The molecule has 1 fully saturated rings. The molecule has 0 aromatic carbocycles. The first kappa shape index (κ1) is 13.5. The van der Waals surface area contributed by atoms with Crippen molar-refractivity contribution in [2.75, 3.05) is 19.7 Å². The lowest BCUT2D eigenvalue weighted by molar-refractivity contribution is 0.165. The van der Waals surface area contributed by atoms with Crippen LogP contribution >= 0.6 is 0 Å². The zero-order chi connectivity index (χ0) is 13.2. The summed E-state index contributed by atoms with van der Waals surface area (Å²) in [5.74, 6) is 0.516. The molecule has 0 radical (unpaired) electrons. The molecule has 1 aliphatic rings. The Morgan fingerprint density at radius 1 is 1.61 bits per heavy atom. The summed E-state index contributed by atoms with van der Waals surface area (Å²) in [5, 5.41) is 12.8. The summed E-state index contributed by atoms with van der Waals surface area (Å²) in [7, 11) is -3.37. The molecule has 1 aliphatic heterocycles. The molecule has 1 unspecified atom stereocenters. The SMILES string of the molecule is Cc1cc(CS(=O)(=O)N2CCCC(CO)C2)no1. The zero-order valence-electron chi connectivity index (χ0n) is 10.4.